The summed E-state index contributed by atoms with van der Waals surface area (Å²) in [6.45, 7) is 0.218. The van der Waals surface area contributed by atoms with Crippen LogP contribution in [0.4, 0.5) is 26.3 Å². The lowest BCUT2D eigenvalue weighted by atomic mass is 9.99. The molecular formula is C18H12ClF6NO2. The minimum absolute atomic E-state index is 0.0275. The predicted octanol–water partition coefficient (Wildman–Crippen LogP) is 5.63. The Morgan fingerprint density at radius 2 is 1.61 bits per heavy atom. The molecule has 0 fully saturated rings. The van der Waals surface area contributed by atoms with Gasteiger partial charge in [-0.25, -0.2) is 0 Å². The largest absolute Gasteiger partial charge is 0.493 e. The summed E-state index contributed by atoms with van der Waals surface area (Å²) >= 11 is 5.92. The van der Waals surface area contributed by atoms with Crippen molar-refractivity contribution in [2.45, 2.75) is 24.8 Å². The second kappa shape index (κ2) is 7.20. The van der Waals surface area contributed by atoms with E-state index in [9.17, 15) is 31.1 Å². The first-order valence-corrected chi connectivity index (χ1v) is 8.35. The Labute approximate surface area is 160 Å². The summed E-state index contributed by atoms with van der Waals surface area (Å²) in [6, 6.07) is 4.74. The molecule has 0 saturated carbocycles. The van der Waals surface area contributed by atoms with Crippen LogP contribution < -0.4 is 10.1 Å². The SMILES string of the molecule is O=C(NC1CCOc2ccc(Cl)cc21)c1cc(C(F)(F)F)cc(C(F)(F)F)c1. The van der Waals surface area contributed by atoms with E-state index in [0.717, 1.165) is 0 Å². The summed E-state index contributed by atoms with van der Waals surface area (Å²) in [7, 11) is 0. The molecule has 0 aliphatic carbocycles. The van der Waals surface area contributed by atoms with Crippen LogP contribution in [-0.4, -0.2) is 12.5 Å². The maximum atomic E-state index is 13.0. The van der Waals surface area contributed by atoms with Crippen molar-refractivity contribution in [3.63, 3.8) is 0 Å². The molecule has 0 radical (unpaired) electrons. The summed E-state index contributed by atoms with van der Waals surface area (Å²) in [5.41, 5.74) is -3.35. The Bertz CT molecular complexity index is 878. The fourth-order valence-corrected chi connectivity index (χ4v) is 3.02. The quantitative estimate of drug-likeness (QED) is 0.636. The fraction of sp³-hybridized carbons (Fsp3) is 0.278. The normalized spacial score (nSPS) is 16.9. The van der Waals surface area contributed by atoms with Gasteiger partial charge in [0.25, 0.3) is 5.91 Å². The third-order valence-corrected chi connectivity index (χ3v) is 4.40. The van der Waals surface area contributed by atoms with Gasteiger partial charge in [0, 0.05) is 22.6 Å². The lowest BCUT2D eigenvalue weighted by Crippen LogP contribution is -2.32. The Morgan fingerprint density at radius 3 is 2.18 bits per heavy atom. The predicted molar refractivity (Wildman–Crippen MR) is 88.2 cm³/mol. The number of alkyl halides is 6. The maximum absolute atomic E-state index is 13.0. The van der Waals surface area contributed by atoms with E-state index >= 15 is 0 Å². The number of hydrogen-bond acceptors (Lipinski definition) is 2. The number of amides is 1. The lowest BCUT2D eigenvalue weighted by Gasteiger charge is -2.27. The van der Waals surface area contributed by atoms with Crippen molar-refractivity contribution >= 4 is 17.5 Å². The minimum atomic E-state index is -5.03. The highest BCUT2D eigenvalue weighted by atomic mass is 35.5. The van der Waals surface area contributed by atoms with Crippen molar-refractivity contribution in [1.82, 2.24) is 5.32 Å². The Hall–Kier alpha value is -2.42. The number of carbonyl (C=O) groups excluding carboxylic acids is 1. The first kappa shape index (κ1) is 20.3. The number of halogens is 7. The molecule has 1 atom stereocenters. The molecule has 28 heavy (non-hydrogen) atoms. The molecule has 10 heteroatoms. The number of fused-ring (bicyclic) bond motifs is 1. The van der Waals surface area contributed by atoms with Crippen molar-refractivity contribution in [3.8, 4) is 5.75 Å². The molecule has 1 aliphatic rings. The van der Waals surface area contributed by atoms with Gasteiger partial charge in [0.15, 0.2) is 0 Å². The summed E-state index contributed by atoms with van der Waals surface area (Å²) < 4.78 is 83.2. The van der Waals surface area contributed by atoms with Crippen LogP contribution >= 0.6 is 11.6 Å². The first-order valence-electron chi connectivity index (χ1n) is 7.98. The second-order valence-electron chi connectivity index (χ2n) is 6.14. The van der Waals surface area contributed by atoms with E-state index in [2.05, 4.69) is 5.32 Å². The van der Waals surface area contributed by atoms with E-state index in [1.54, 1.807) is 12.1 Å². The number of hydrogen-bond donors (Lipinski definition) is 1. The van der Waals surface area contributed by atoms with Crippen LogP contribution in [0.5, 0.6) is 5.75 Å². The molecule has 1 N–H and O–H groups in total. The molecule has 1 amide bonds. The monoisotopic (exact) mass is 423 g/mol. The summed E-state index contributed by atoms with van der Waals surface area (Å²) in [4.78, 5) is 12.4. The van der Waals surface area contributed by atoms with Gasteiger partial charge in [0.05, 0.1) is 23.8 Å². The van der Waals surface area contributed by atoms with E-state index in [1.165, 1.54) is 6.07 Å². The van der Waals surface area contributed by atoms with Gasteiger partial charge < -0.3 is 10.1 Å². The molecule has 2 aromatic rings. The van der Waals surface area contributed by atoms with Gasteiger partial charge in [0.2, 0.25) is 0 Å². The highest BCUT2D eigenvalue weighted by Gasteiger charge is 2.37. The zero-order chi connectivity index (χ0) is 20.7. The second-order valence-corrected chi connectivity index (χ2v) is 6.58. The molecular weight excluding hydrogens is 412 g/mol. The van der Waals surface area contributed by atoms with Gasteiger partial charge in [-0.3, -0.25) is 4.79 Å². The molecule has 1 heterocycles. The fourth-order valence-electron chi connectivity index (χ4n) is 2.84. The van der Waals surface area contributed by atoms with Crippen molar-refractivity contribution in [1.29, 1.82) is 0 Å². The van der Waals surface area contributed by atoms with Crippen molar-refractivity contribution < 1.29 is 35.9 Å². The van der Waals surface area contributed by atoms with Gasteiger partial charge in [-0.15, -0.1) is 0 Å². The van der Waals surface area contributed by atoms with Crippen molar-refractivity contribution in [3.05, 3.63) is 63.7 Å². The summed E-state index contributed by atoms with van der Waals surface area (Å²) in [5, 5.41) is 2.81. The van der Waals surface area contributed by atoms with Crippen LogP contribution in [0.15, 0.2) is 36.4 Å². The molecule has 0 saturated heterocycles. The van der Waals surface area contributed by atoms with Crippen LogP contribution in [0.2, 0.25) is 5.02 Å². The molecule has 150 valence electrons. The van der Waals surface area contributed by atoms with Crippen LogP contribution in [0.3, 0.4) is 0 Å². The van der Waals surface area contributed by atoms with Crippen LogP contribution in [0.1, 0.15) is 39.5 Å². The Balaban J connectivity index is 1.94. The number of rotatable bonds is 2. The summed E-state index contributed by atoms with van der Waals surface area (Å²) in [5.74, 6) is -0.629. The topological polar surface area (TPSA) is 38.3 Å². The number of carbonyl (C=O) groups is 1. The summed E-state index contributed by atoms with van der Waals surface area (Å²) in [6.07, 6.45) is -9.78. The third kappa shape index (κ3) is 4.35. The molecule has 1 unspecified atom stereocenters. The van der Waals surface area contributed by atoms with Gasteiger partial charge in [0.1, 0.15) is 5.75 Å². The molecule has 0 bridgehead atoms. The van der Waals surface area contributed by atoms with Gasteiger partial charge in [-0.1, -0.05) is 11.6 Å². The Kier molecular flexibility index (Phi) is 5.22. The number of ether oxygens (including phenoxy) is 1. The van der Waals surface area contributed by atoms with E-state index in [0.29, 0.717) is 28.5 Å². The average molecular weight is 424 g/mol. The smallest absolute Gasteiger partial charge is 0.416 e. The lowest BCUT2D eigenvalue weighted by molar-refractivity contribution is -0.143. The zero-order valence-corrected chi connectivity index (χ0v) is 14.7. The molecule has 3 rings (SSSR count). The van der Waals surface area contributed by atoms with E-state index in [-0.39, 0.29) is 19.1 Å². The van der Waals surface area contributed by atoms with E-state index < -0.39 is 41.0 Å². The van der Waals surface area contributed by atoms with Crippen molar-refractivity contribution in [2.24, 2.45) is 0 Å². The Morgan fingerprint density at radius 1 is 1.00 bits per heavy atom. The van der Waals surface area contributed by atoms with Gasteiger partial charge in [-0.2, -0.15) is 26.3 Å². The standard InChI is InChI=1S/C18H12ClF6NO2/c19-12-1-2-15-13(8-12)14(3-4-28-15)26-16(27)9-5-10(17(20,21)22)7-11(6-9)18(23,24)25/h1-2,5-8,14H,3-4H2,(H,26,27). The van der Waals surface area contributed by atoms with E-state index in [1.807, 2.05) is 0 Å². The minimum Gasteiger partial charge on any atom is -0.493 e. The van der Waals surface area contributed by atoms with Gasteiger partial charge in [-0.05, 0) is 36.4 Å². The molecule has 2 aromatic carbocycles. The number of nitrogens with one attached hydrogen (secondary N) is 1. The molecule has 3 nitrogen and oxygen atoms in total. The van der Waals surface area contributed by atoms with Crippen LogP contribution in [0, 0.1) is 0 Å². The number of benzene rings is 2. The van der Waals surface area contributed by atoms with E-state index in [4.69, 9.17) is 16.3 Å². The molecule has 0 spiro atoms. The van der Waals surface area contributed by atoms with Gasteiger partial charge >= 0.3 is 12.4 Å². The average Bonchev–Trinajstić information content (AvgIpc) is 2.60. The zero-order valence-electron chi connectivity index (χ0n) is 13.9. The highest BCUT2D eigenvalue weighted by molar-refractivity contribution is 6.30. The van der Waals surface area contributed by atoms with Crippen molar-refractivity contribution in [2.75, 3.05) is 6.61 Å². The van der Waals surface area contributed by atoms with Crippen LogP contribution in [-0.2, 0) is 12.4 Å². The molecule has 1 aliphatic heterocycles. The maximum Gasteiger partial charge on any atom is 0.416 e. The third-order valence-electron chi connectivity index (χ3n) is 4.17. The molecule has 0 aromatic heterocycles. The highest BCUT2D eigenvalue weighted by Crippen LogP contribution is 2.37. The first-order chi connectivity index (χ1) is 12.9. The van der Waals surface area contributed by atoms with Crippen LogP contribution in [0.25, 0.3) is 0 Å².